The van der Waals surface area contributed by atoms with Gasteiger partial charge in [-0.25, -0.2) is 0 Å². The van der Waals surface area contributed by atoms with Gasteiger partial charge in [0, 0.05) is 22.7 Å². The zero-order chi connectivity index (χ0) is 27.3. The fourth-order valence-electron chi connectivity index (χ4n) is 7.67. The number of benzene rings is 6. The minimum atomic E-state index is -0.0577. The molecular weight excluding hydrogens is 494 g/mol. The number of fused-ring (bicyclic) bond motifs is 7. The van der Waals surface area contributed by atoms with E-state index in [2.05, 4.69) is 129 Å². The van der Waals surface area contributed by atoms with Crippen molar-refractivity contribution in [2.45, 2.75) is 19.3 Å². The third-order valence-electron chi connectivity index (χ3n) is 9.45. The van der Waals surface area contributed by atoms with E-state index in [1.807, 2.05) is 12.3 Å². The van der Waals surface area contributed by atoms with Gasteiger partial charge in [0.15, 0.2) is 0 Å². The molecule has 0 unspecified atom stereocenters. The largest absolute Gasteiger partial charge is 0.256 e. The average Bonchev–Trinajstić information content (AvgIpc) is 3.46. The Hall–Kier alpha value is -5.01. The maximum Gasteiger partial charge on any atom is 0.0714 e. The Morgan fingerprint density at radius 1 is 0.488 bits per heavy atom. The first kappa shape index (κ1) is 22.8. The summed E-state index contributed by atoms with van der Waals surface area (Å²) >= 11 is 0. The lowest BCUT2D eigenvalue weighted by Gasteiger charge is -2.23. The van der Waals surface area contributed by atoms with Crippen molar-refractivity contribution >= 4 is 21.5 Å². The summed E-state index contributed by atoms with van der Waals surface area (Å²) in [6.45, 7) is 4.73. The summed E-state index contributed by atoms with van der Waals surface area (Å²) in [5.74, 6) is 0. The fraction of sp³-hybridized carbons (Fsp3) is 0.0750. The lowest BCUT2D eigenvalue weighted by molar-refractivity contribution is 0.660. The van der Waals surface area contributed by atoms with E-state index in [0.29, 0.717) is 0 Å². The molecule has 0 N–H and O–H groups in total. The SMILES string of the molecule is CC1(C)c2ccccc2-c2ccc(-c3c4c(c(-c5ccccn5)c5ccccc35)-c3cccc5cccc-4c35)cc21. The summed E-state index contributed by atoms with van der Waals surface area (Å²) < 4.78 is 0. The van der Waals surface area contributed by atoms with Gasteiger partial charge < -0.3 is 0 Å². The zero-order valence-electron chi connectivity index (χ0n) is 23.1. The van der Waals surface area contributed by atoms with Crippen LogP contribution >= 0.6 is 0 Å². The van der Waals surface area contributed by atoms with Crippen molar-refractivity contribution in [3.63, 3.8) is 0 Å². The van der Waals surface area contributed by atoms with E-state index in [-0.39, 0.29) is 5.41 Å². The Bertz CT molecular complexity index is 2210. The summed E-state index contributed by atoms with van der Waals surface area (Å²) in [7, 11) is 0. The van der Waals surface area contributed by atoms with E-state index in [1.54, 1.807) is 0 Å². The molecule has 0 saturated heterocycles. The lowest BCUT2D eigenvalue weighted by atomic mass is 9.79. The minimum Gasteiger partial charge on any atom is -0.256 e. The molecule has 9 rings (SSSR count). The summed E-state index contributed by atoms with van der Waals surface area (Å²) in [5, 5.41) is 5.13. The first-order valence-corrected chi connectivity index (χ1v) is 14.4. The average molecular weight is 522 g/mol. The van der Waals surface area contributed by atoms with Crippen LogP contribution < -0.4 is 0 Å². The maximum absolute atomic E-state index is 4.90. The van der Waals surface area contributed by atoms with Gasteiger partial charge in [-0.2, -0.15) is 0 Å². The summed E-state index contributed by atoms with van der Waals surface area (Å²) in [6, 6.07) is 44.7. The molecule has 6 aromatic carbocycles. The number of nitrogens with zero attached hydrogens (tertiary/aromatic N) is 1. The van der Waals surface area contributed by atoms with Gasteiger partial charge >= 0.3 is 0 Å². The molecule has 0 bridgehead atoms. The first-order chi connectivity index (χ1) is 20.1. The quantitative estimate of drug-likeness (QED) is 0.220. The Morgan fingerprint density at radius 3 is 1.88 bits per heavy atom. The molecule has 0 saturated carbocycles. The van der Waals surface area contributed by atoms with Crippen molar-refractivity contribution < 1.29 is 0 Å². The molecule has 0 aliphatic heterocycles. The highest BCUT2D eigenvalue weighted by Crippen LogP contribution is 2.58. The molecule has 2 aliphatic carbocycles. The lowest BCUT2D eigenvalue weighted by Crippen LogP contribution is -2.14. The van der Waals surface area contributed by atoms with E-state index in [1.165, 1.54) is 82.7 Å². The van der Waals surface area contributed by atoms with Gasteiger partial charge in [-0.15, -0.1) is 0 Å². The van der Waals surface area contributed by atoms with E-state index in [9.17, 15) is 0 Å². The highest BCUT2D eigenvalue weighted by Gasteiger charge is 2.36. The van der Waals surface area contributed by atoms with Crippen molar-refractivity contribution in [3.8, 4) is 55.8 Å². The van der Waals surface area contributed by atoms with Gasteiger partial charge in [0.1, 0.15) is 0 Å². The van der Waals surface area contributed by atoms with Crippen LogP contribution in [0.2, 0.25) is 0 Å². The molecule has 1 aromatic heterocycles. The molecule has 0 atom stereocenters. The molecule has 0 spiro atoms. The molecule has 41 heavy (non-hydrogen) atoms. The molecule has 1 nitrogen and oxygen atoms in total. The normalized spacial score (nSPS) is 13.8. The van der Waals surface area contributed by atoms with Crippen molar-refractivity contribution in [1.82, 2.24) is 4.98 Å². The van der Waals surface area contributed by atoms with Gasteiger partial charge in [0.2, 0.25) is 0 Å². The summed E-state index contributed by atoms with van der Waals surface area (Å²) in [4.78, 5) is 4.90. The first-order valence-electron chi connectivity index (χ1n) is 14.4. The van der Waals surface area contributed by atoms with Crippen molar-refractivity contribution in [1.29, 1.82) is 0 Å². The van der Waals surface area contributed by atoms with E-state index in [0.717, 1.165) is 5.69 Å². The number of hydrogen-bond donors (Lipinski definition) is 0. The van der Waals surface area contributed by atoms with Gasteiger partial charge in [-0.1, -0.05) is 117 Å². The van der Waals surface area contributed by atoms with Crippen molar-refractivity contribution in [2.24, 2.45) is 0 Å². The van der Waals surface area contributed by atoms with Crippen LogP contribution in [0.3, 0.4) is 0 Å². The van der Waals surface area contributed by atoms with Crippen LogP contribution in [0.15, 0.2) is 128 Å². The molecular formula is C40H27N. The van der Waals surface area contributed by atoms with Gasteiger partial charge in [0.05, 0.1) is 5.69 Å². The van der Waals surface area contributed by atoms with Gasteiger partial charge in [-0.3, -0.25) is 4.98 Å². The second kappa shape index (κ2) is 8.02. The van der Waals surface area contributed by atoms with E-state index in [4.69, 9.17) is 4.98 Å². The van der Waals surface area contributed by atoms with E-state index >= 15 is 0 Å². The van der Waals surface area contributed by atoms with Crippen molar-refractivity contribution in [2.75, 3.05) is 0 Å². The van der Waals surface area contributed by atoms with Crippen LogP contribution in [-0.4, -0.2) is 4.98 Å². The molecule has 0 amide bonds. The molecule has 192 valence electrons. The number of pyridine rings is 1. The molecule has 7 aromatic rings. The number of hydrogen-bond acceptors (Lipinski definition) is 1. The van der Waals surface area contributed by atoms with Crippen LogP contribution in [0.1, 0.15) is 25.0 Å². The predicted octanol–water partition coefficient (Wildman–Crippen LogP) is 10.7. The van der Waals surface area contributed by atoms with Crippen LogP contribution in [0.4, 0.5) is 0 Å². The summed E-state index contributed by atoms with van der Waals surface area (Å²) in [6.07, 6.45) is 1.91. The van der Waals surface area contributed by atoms with Gasteiger partial charge in [0.25, 0.3) is 0 Å². The monoisotopic (exact) mass is 521 g/mol. The zero-order valence-corrected chi connectivity index (χ0v) is 23.1. The third-order valence-corrected chi connectivity index (χ3v) is 9.45. The molecule has 2 aliphatic rings. The highest BCUT2D eigenvalue weighted by molar-refractivity contribution is 6.27. The van der Waals surface area contributed by atoms with E-state index < -0.39 is 0 Å². The van der Waals surface area contributed by atoms with Crippen LogP contribution in [0, 0.1) is 0 Å². The smallest absolute Gasteiger partial charge is 0.0714 e. The molecule has 0 fully saturated rings. The standard InChI is InChI=1S/C40H27N/c1-40(2)32-18-6-5-13-26(32)27-21-20-25(23-33(27)40)36-28-14-3-4-15-29(28)37(34-19-7-8-22-41-34)39-31-17-10-12-24-11-9-16-30(35(24)31)38(36)39/h3-23H,1-2H3. The molecule has 1 heteroatoms. The van der Waals surface area contributed by atoms with Gasteiger partial charge in [-0.05, 0) is 89.8 Å². The topological polar surface area (TPSA) is 12.9 Å². The van der Waals surface area contributed by atoms with Crippen molar-refractivity contribution in [3.05, 3.63) is 139 Å². The highest BCUT2D eigenvalue weighted by atomic mass is 14.7. The molecule has 1 heterocycles. The van der Waals surface area contributed by atoms with Crippen LogP contribution in [-0.2, 0) is 5.41 Å². The second-order valence-electron chi connectivity index (χ2n) is 11.9. The third kappa shape index (κ3) is 2.93. The Kier molecular flexibility index (Phi) is 4.45. The Morgan fingerprint density at radius 2 is 1.12 bits per heavy atom. The number of rotatable bonds is 2. The van der Waals surface area contributed by atoms with Crippen LogP contribution in [0.25, 0.3) is 77.3 Å². The maximum atomic E-state index is 4.90. The Balaban J connectivity index is 1.45. The molecule has 0 radical (unpaired) electrons. The fourth-order valence-corrected chi connectivity index (χ4v) is 7.67. The Labute approximate surface area is 239 Å². The predicted molar refractivity (Wildman–Crippen MR) is 172 cm³/mol. The second-order valence-corrected chi connectivity index (χ2v) is 11.9. The minimum absolute atomic E-state index is 0.0577. The van der Waals surface area contributed by atoms with Crippen LogP contribution in [0.5, 0.6) is 0 Å². The summed E-state index contributed by atoms with van der Waals surface area (Å²) in [5.41, 5.74) is 15.5. The number of aromatic nitrogens is 1.